The lowest BCUT2D eigenvalue weighted by Crippen LogP contribution is -2.44. The molecular weight excluding hydrogens is 493 g/mol. The van der Waals surface area contributed by atoms with Gasteiger partial charge in [0.25, 0.3) is 0 Å². The second-order valence-corrected chi connectivity index (χ2v) is 10.2. The Morgan fingerprint density at radius 2 is 1.97 bits per heavy atom. The van der Waals surface area contributed by atoms with E-state index >= 15 is 0 Å². The molecule has 37 heavy (non-hydrogen) atoms. The molecule has 1 fully saturated rings. The molecule has 2 unspecified atom stereocenters. The number of hydrogen-bond donors (Lipinski definition) is 2. The Morgan fingerprint density at radius 1 is 1.35 bits per heavy atom. The van der Waals surface area contributed by atoms with Crippen LogP contribution in [0.5, 0.6) is 0 Å². The summed E-state index contributed by atoms with van der Waals surface area (Å²) in [6.07, 6.45) is -2.83. The number of fused-ring (bicyclic) bond motifs is 1. The van der Waals surface area contributed by atoms with E-state index in [2.05, 4.69) is 31.2 Å². The maximum atomic E-state index is 11.9. The minimum absolute atomic E-state index is 0.0519. The number of ether oxygens (including phenoxy) is 1. The quantitative estimate of drug-likeness (QED) is 0.563. The first kappa shape index (κ1) is 31.9. The van der Waals surface area contributed by atoms with E-state index in [9.17, 15) is 27.6 Å². The zero-order valence-electron chi connectivity index (χ0n) is 22.2. The van der Waals surface area contributed by atoms with E-state index in [1.807, 2.05) is 26.8 Å². The highest BCUT2D eigenvalue weighted by molar-refractivity contribution is 5.87. The fourth-order valence-electron chi connectivity index (χ4n) is 3.45. The van der Waals surface area contributed by atoms with Crippen molar-refractivity contribution in [3.05, 3.63) is 17.5 Å². The minimum atomic E-state index is -4.95. The number of nitriles is 1. The molecule has 3 heterocycles. The van der Waals surface area contributed by atoms with Gasteiger partial charge in [0.2, 0.25) is 12.3 Å². The van der Waals surface area contributed by atoms with Crippen LogP contribution >= 0.6 is 0 Å². The SMILES string of the molecule is CC(C)C.CC1CN(C(=O)CNC(=O)C(F)(F)F)CC1(C)C.N#CC(NC=O)c1cnn2c1COCC2. The lowest BCUT2D eigenvalue weighted by molar-refractivity contribution is -0.174. The van der Waals surface area contributed by atoms with E-state index < -0.39 is 30.6 Å². The van der Waals surface area contributed by atoms with Crippen molar-refractivity contribution in [2.24, 2.45) is 17.3 Å². The van der Waals surface area contributed by atoms with Crippen LogP contribution in [-0.2, 0) is 32.3 Å². The van der Waals surface area contributed by atoms with Crippen LogP contribution in [0, 0.1) is 28.6 Å². The summed E-state index contributed by atoms with van der Waals surface area (Å²) >= 11 is 0. The van der Waals surface area contributed by atoms with E-state index in [0.29, 0.717) is 44.8 Å². The van der Waals surface area contributed by atoms with Crippen LogP contribution in [-0.4, -0.2) is 65.3 Å². The lowest BCUT2D eigenvalue weighted by atomic mass is 9.84. The fraction of sp³-hybridized carbons (Fsp3) is 0.708. The van der Waals surface area contributed by atoms with Gasteiger partial charge in [0, 0.05) is 18.7 Å². The number of rotatable bonds is 5. The first-order chi connectivity index (χ1) is 17.1. The highest BCUT2D eigenvalue weighted by atomic mass is 19.4. The molecule has 1 saturated heterocycles. The van der Waals surface area contributed by atoms with Crippen molar-refractivity contribution in [2.45, 2.75) is 66.9 Å². The van der Waals surface area contributed by atoms with E-state index in [4.69, 9.17) is 10.00 Å². The van der Waals surface area contributed by atoms with E-state index in [1.54, 1.807) is 16.2 Å². The van der Waals surface area contributed by atoms with E-state index in [0.717, 1.165) is 11.6 Å². The number of carbonyl (C=O) groups excluding carboxylic acids is 3. The summed E-state index contributed by atoms with van der Waals surface area (Å²) in [6.45, 7) is 14.6. The average molecular weight is 531 g/mol. The van der Waals surface area contributed by atoms with Crippen LogP contribution < -0.4 is 10.6 Å². The number of halogens is 3. The maximum Gasteiger partial charge on any atom is 0.471 e. The number of nitrogens with one attached hydrogen (secondary N) is 2. The second-order valence-electron chi connectivity index (χ2n) is 10.2. The molecule has 0 bridgehead atoms. The average Bonchev–Trinajstić information content (AvgIpc) is 3.35. The van der Waals surface area contributed by atoms with Gasteiger partial charge in [-0.25, -0.2) is 0 Å². The van der Waals surface area contributed by atoms with Crippen molar-refractivity contribution < 1.29 is 32.3 Å². The van der Waals surface area contributed by atoms with Gasteiger partial charge in [0.15, 0.2) is 0 Å². The Kier molecular flexibility index (Phi) is 12.0. The predicted molar refractivity (Wildman–Crippen MR) is 129 cm³/mol. The molecule has 0 aromatic carbocycles. The van der Waals surface area contributed by atoms with Crippen LogP contribution in [0.3, 0.4) is 0 Å². The summed E-state index contributed by atoms with van der Waals surface area (Å²) in [5, 5.41) is 17.0. The summed E-state index contributed by atoms with van der Waals surface area (Å²) in [5.74, 6) is -1.45. The van der Waals surface area contributed by atoms with Gasteiger partial charge in [0.1, 0.15) is 6.04 Å². The van der Waals surface area contributed by atoms with Crippen LogP contribution in [0.1, 0.15) is 58.8 Å². The molecule has 0 aliphatic carbocycles. The molecule has 10 nitrogen and oxygen atoms in total. The summed E-state index contributed by atoms with van der Waals surface area (Å²) < 4.78 is 42.9. The van der Waals surface area contributed by atoms with Gasteiger partial charge in [0.05, 0.1) is 44.3 Å². The van der Waals surface area contributed by atoms with Crippen LogP contribution in [0.15, 0.2) is 6.20 Å². The first-order valence-corrected chi connectivity index (χ1v) is 12.0. The van der Waals surface area contributed by atoms with Crippen molar-refractivity contribution in [3.63, 3.8) is 0 Å². The highest BCUT2D eigenvalue weighted by Crippen LogP contribution is 2.34. The number of nitrogens with zero attached hydrogens (tertiary/aromatic N) is 4. The van der Waals surface area contributed by atoms with Crippen LogP contribution in [0.4, 0.5) is 13.2 Å². The molecule has 0 spiro atoms. The van der Waals surface area contributed by atoms with Crippen LogP contribution in [0.25, 0.3) is 0 Å². The zero-order chi connectivity index (χ0) is 28.4. The van der Waals surface area contributed by atoms with E-state index in [1.165, 1.54) is 4.90 Å². The zero-order valence-corrected chi connectivity index (χ0v) is 22.2. The van der Waals surface area contributed by atoms with Crippen LogP contribution in [0.2, 0.25) is 0 Å². The number of likely N-dealkylation sites (tertiary alicyclic amines) is 1. The Balaban J connectivity index is 0.000000327. The molecule has 0 radical (unpaired) electrons. The topological polar surface area (TPSA) is 129 Å². The largest absolute Gasteiger partial charge is 0.471 e. The Bertz CT molecular complexity index is 953. The highest BCUT2D eigenvalue weighted by Gasteiger charge is 2.41. The molecule has 208 valence electrons. The van der Waals surface area contributed by atoms with Gasteiger partial charge in [-0.05, 0) is 17.3 Å². The van der Waals surface area contributed by atoms with Crippen molar-refractivity contribution in [3.8, 4) is 6.07 Å². The Morgan fingerprint density at radius 3 is 2.46 bits per heavy atom. The molecule has 1 aromatic rings. The Hall–Kier alpha value is -3.14. The molecule has 2 aliphatic rings. The number of alkyl halides is 3. The number of hydrogen-bond acceptors (Lipinski definition) is 6. The lowest BCUT2D eigenvalue weighted by Gasteiger charge is -2.22. The van der Waals surface area contributed by atoms with Crippen molar-refractivity contribution in [1.29, 1.82) is 5.26 Å². The summed E-state index contributed by atoms with van der Waals surface area (Å²) in [5.41, 5.74) is 1.52. The maximum absolute atomic E-state index is 11.9. The molecule has 13 heteroatoms. The number of amides is 3. The molecular formula is C24H37F3N6O4. The molecule has 2 N–H and O–H groups in total. The number of carbonyl (C=O) groups is 3. The predicted octanol–water partition coefficient (Wildman–Crippen LogP) is 2.56. The molecule has 0 saturated carbocycles. The molecule has 3 rings (SSSR count). The molecule has 3 amide bonds. The Labute approximate surface area is 215 Å². The monoisotopic (exact) mass is 530 g/mol. The third kappa shape index (κ3) is 10.0. The normalized spacial score (nSPS) is 18.7. The molecule has 2 aliphatic heterocycles. The first-order valence-electron chi connectivity index (χ1n) is 12.0. The van der Waals surface area contributed by atoms with Gasteiger partial charge < -0.3 is 20.3 Å². The third-order valence-electron chi connectivity index (χ3n) is 5.78. The van der Waals surface area contributed by atoms with Crippen molar-refractivity contribution in [2.75, 3.05) is 26.2 Å². The van der Waals surface area contributed by atoms with E-state index in [-0.39, 0.29) is 11.3 Å². The number of aromatic nitrogens is 2. The van der Waals surface area contributed by atoms with Crippen molar-refractivity contribution in [1.82, 2.24) is 25.3 Å². The summed E-state index contributed by atoms with van der Waals surface area (Å²) in [4.78, 5) is 34.0. The van der Waals surface area contributed by atoms with Gasteiger partial charge >= 0.3 is 12.1 Å². The second kappa shape index (κ2) is 14.0. The molecule has 2 atom stereocenters. The smallest absolute Gasteiger partial charge is 0.373 e. The van der Waals surface area contributed by atoms with Gasteiger partial charge in [-0.1, -0.05) is 41.5 Å². The third-order valence-corrected chi connectivity index (χ3v) is 5.78. The minimum Gasteiger partial charge on any atom is -0.373 e. The van der Waals surface area contributed by atoms with Crippen molar-refractivity contribution >= 4 is 18.2 Å². The fourth-order valence-corrected chi connectivity index (χ4v) is 3.45. The summed E-state index contributed by atoms with van der Waals surface area (Å²) in [6, 6.07) is 1.36. The van der Waals surface area contributed by atoms with Gasteiger partial charge in [-0.15, -0.1) is 0 Å². The van der Waals surface area contributed by atoms with Gasteiger partial charge in [-0.2, -0.15) is 23.5 Å². The van der Waals surface area contributed by atoms with Gasteiger partial charge in [-0.3, -0.25) is 19.1 Å². The standard InChI is InChI=1S/C11H17F3N2O2.C9H10N4O2.C4H10/c1-7-5-16(6-10(7,2)3)8(17)4-15-9(18)11(12,13)14;10-3-8(11-6-14)7-4-12-13-1-2-15-5-9(7)13;1-4(2)3/h7H,4-6H2,1-3H3,(H,15,18);4,6,8H,1-2,5H2,(H,11,14);4H,1-3H3. The molecule has 1 aromatic heterocycles. The summed E-state index contributed by atoms with van der Waals surface area (Å²) in [7, 11) is 0.